The first-order chi connectivity index (χ1) is 16.0. The lowest BCUT2D eigenvalue weighted by Crippen LogP contribution is -2.50. The van der Waals surface area contributed by atoms with Gasteiger partial charge >= 0.3 is 0 Å². The molecular formula is C26H31Cl2N3O2. The van der Waals surface area contributed by atoms with Crippen LogP contribution in [0.1, 0.15) is 29.5 Å². The molecule has 1 amide bonds. The largest absolute Gasteiger partial charge is 0.379 e. The molecule has 3 aliphatic heterocycles. The Kier molecular flexibility index (Phi) is 6.69. The topological polar surface area (TPSA) is 36.0 Å². The van der Waals surface area contributed by atoms with Crippen LogP contribution in [-0.4, -0.2) is 68.2 Å². The highest BCUT2D eigenvalue weighted by molar-refractivity contribution is 6.42. The minimum atomic E-state index is -0.502. The van der Waals surface area contributed by atoms with E-state index in [1.54, 1.807) is 0 Å². The first-order valence-corrected chi connectivity index (χ1v) is 12.6. The maximum atomic E-state index is 13.9. The Hall–Kier alpha value is -1.63. The maximum Gasteiger partial charge on any atom is 0.237 e. The van der Waals surface area contributed by atoms with Crippen molar-refractivity contribution in [3.05, 3.63) is 63.1 Å². The maximum absolute atomic E-state index is 13.9. The van der Waals surface area contributed by atoms with Gasteiger partial charge in [-0.15, -0.1) is 0 Å². The molecule has 33 heavy (non-hydrogen) atoms. The number of ether oxygens (including phenoxy) is 1. The lowest BCUT2D eigenvalue weighted by atomic mass is 9.73. The second kappa shape index (κ2) is 9.55. The SMILES string of the molecule is Cc1cccc(CN2CCC3(CC2)C(=O)N(CCN2CCOCC2)c2cc(Cl)c(Cl)cc23)c1. The molecule has 0 saturated carbocycles. The third-order valence-electron chi connectivity index (χ3n) is 7.44. The van der Waals surface area contributed by atoms with Crippen LogP contribution in [-0.2, 0) is 21.5 Å². The number of aryl methyl sites for hydroxylation is 1. The van der Waals surface area contributed by atoms with Crippen LogP contribution >= 0.6 is 23.2 Å². The summed E-state index contributed by atoms with van der Waals surface area (Å²) in [7, 11) is 0. The van der Waals surface area contributed by atoms with E-state index >= 15 is 0 Å². The Morgan fingerprint density at radius 2 is 1.67 bits per heavy atom. The second-order valence-electron chi connectivity index (χ2n) is 9.54. The van der Waals surface area contributed by atoms with Gasteiger partial charge in [-0.25, -0.2) is 0 Å². The molecule has 0 N–H and O–H groups in total. The highest BCUT2D eigenvalue weighted by atomic mass is 35.5. The molecule has 2 saturated heterocycles. The summed E-state index contributed by atoms with van der Waals surface area (Å²) in [5.41, 5.74) is 4.10. The second-order valence-corrected chi connectivity index (χ2v) is 10.4. The van der Waals surface area contributed by atoms with Gasteiger partial charge in [0.25, 0.3) is 0 Å². The van der Waals surface area contributed by atoms with E-state index in [1.807, 2.05) is 17.0 Å². The highest BCUT2D eigenvalue weighted by Crippen LogP contribution is 2.50. The third kappa shape index (κ3) is 4.54. The van der Waals surface area contributed by atoms with E-state index in [9.17, 15) is 4.79 Å². The smallest absolute Gasteiger partial charge is 0.237 e. The van der Waals surface area contributed by atoms with Crippen molar-refractivity contribution in [1.29, 1.82) is 0 Å². The zero-order valence-corrected chi connectivity index (χ0v) is 20.7. The molecule has 0 aliphatic carbocycles. The van der Waals surface area contributed by atoms with Crippen LogP contribution in [0.3, 0.4) is 0 Å². The predicted octanol–water partition coefficient (Wildman–Crippen LogP) is 4.51. The van der Waals surface area contributed by atoms with Gasteiger partial charge in [0.2, 0.25) is 5.91 Å². The fraction of sp³-hybridized carbons (Fsp3) is 0.500. The van der Waals surface area contributed by atoms with Crippen LogP contribution in [0.2, 0.25) is 10.0 Å². The number of anilines is 1. The Bertz CT molecular complexity index is 1030. The van der Waals surface area contributed by atoms with Crippen LogP contribution in [0, 0.1) is 6.92 Å². The molecule has 5 nitrogen and oxygen atoms in total. The molecule has 176 valence electrons. The van der Waals surface area contributed by atoms with E-state index in [-0.39, 0.29) is 5.91 Å². The van der Waals surface area contributed by atoms with Crippen LogP contribution < -0.4 is 4.90 Å². The molecule has 3 heterocycles. The van der Waals surface area contributed by atoms with Gasteiger partial charge in [0, 0.05) is 38.4 Å². The molecule has 2 fully saturated rings. The Labute approximate surface area is 206 Å². The van der Waals surface area contributed by atoms with Crippen LogP contribution in [0.15, 0.2) is 36.4 Å². The molecule has 0 radical (unpaired) electrons. The molecule has 3 aliphatic rings. The summed E-state index contributed by atoms with van der Waals surface area (Å²) < 4.78 is 5.47. The lowest BCUT2D eigenvalue weighted by Gasteiger charge is -2.38. The van der Waals surface area contributed by atoms with Gasteiger partial charge in [0.15, 0.2) is 0 Å². The van der Waals surface area contributed by atoms with Gasteiger partial charge in [0.05, 0.1) is 28.7 Å². The van der Waals surface area contributed by atoms with E-state index < -0.39 is 5.41 Å². The Morgan fingerprint density at radius 1 is 0.939 bits per heavy atom. The number of nitrogens with zero attached hydrogens (tertiary/aromatic N) is 3. The third-order valence-corrected chi connectivity index (χ3v) is 8.16. The van der Waals surface area contributed by atoms with Crippen molar-refractivity contribution in [1.82, 2.24) is 9.80 Å². The number of halogens is 2. The summed E-state index contributed by atoms with van der Waals surface area (Å²) in [5, 5.41) is 1.04. The number of piperidine rings is 1. The molecule has 0 atom stereocenters. The monoisotopic (exact) mass is 487 g/mol. The highest BCUT2D eigenvalue weighted by Gasteiger charge is 2.52. The van der Waals surface area contributed by atoms with Crippen molar-refractivity contribution in [3.63, 3.8) is 0 Å². The molecule has 5 rings (SSSR count). The Balaban J connectivity index is 1.35. The average Bonchev–Trinajstić information content (AvgIpc) is 3.02. The van der Waals surface area contributed by atoms with Crippen molar-refractivity contribution >= 4 is 34.8 Å². The normalized spacial score (nSPS) is 21.1. The number of likely N-dealkylation sites (tertiary alicyclic amines) is 1. The zero-order chi connectivity index (χ0) is 23.0. The molecular weight excluding hydrogens is 457 g/mol. The van der Waals surface area contributed by atoms with Crippen molar-refractivity contribution < 1.29 is 9.53 Å². The fourth-order valence-corrected chi connectivity index (χ4v) is 5.88. The van der Waals surface area contributed by atoms with E-state index in [0.717, 1.165) is 76.6 Å². The number of benzene rings is 2. The summed E-state index contributed by atoms with van der Waals surface area (Å²) in [5.74, 6) is 0.208. The Morgan fingerprint density at radius 3 is 2.39 bits per heavy atom. The predicted molar refractivity (Wildman–Crippen MR) is 133 cm³/mol. The van der Waals surface area contributed by atoms with Gasteiger partial charge in [-0.1, -0.05) is 53.0 Å². The summed E-state index contributed by atoms with van der Waals surface area (Å²) in [6.45, 7) is 9.66. The van der Waals surface area contributed by atoms with Crippen LogP contribution in [0.25, 0.3) is 0 Å². The molecule has 2 aromatic rings. The van der Waals surface area contributed by atoms with Crippen molar-refractivity contribution in [2.75, 3.05) is 57.4 Å². The van der Waals surface area contributed by atoms with E-state index in [0.29, 0.717) is 16.6 Å². The van der Waals surface area contributed by atoms with Crippen LogP contribution in [0.5, 0.6) is 0 Å². The van der Waals surface area contributed by atoms with Gasteiger partial charge in [-0.05, 0) is 56.1 Å². The summed E-state index contributed by atoms with van der Waals surface area (Å²) in [6.07, 6.45) is 1.60. The minimum absolute atomic E-state index is 0.208. The minimum Gasteiger partial charge on any atom is -0.379 e. The molecule has 0 bridgehead atoms. The number of carbonyl (C=O) groups is 1. The first-order valence-electron chi connectivity index (χ1n) is 11.9. The zero-order valence-electron chi connectivity index (χ0n) is 19.2. The summed E-state index contributed by atoms with van der Waals surface area (Å²) in [6, 6.07) is 12.5. The van der Waals surface area contributed by atoms with Crippen molar-refractivity contribution in [3.8, 4) is 0 Å². The standard InChI is InChI=1S/C26H31Cl2N3O2/c1-19-3-2-4-20(15-19)18-30-7-5-26(6-8-30)21-16-22(27)23(28)17-24(21)31(25(26)32)10-9-29-11-13-33-14-12-29/h2-4,15-17H,5-14,18H2,1H3. The van der Waals surface area contributed by atoms with Gasteiger partial charge in [-0.3, -0.25) is 14.6 Å². The number of hydrogen-bond acceptors (Lipinski definition) is 4. The molecule has 0 aromatic heterocycles. The lowest BCUT2D eigenvalue weighted by molar-refractivity contribution is -0.125. The summed E-state index contributed by atoms with van der Waals surface area (Å²) in [4.78, 5) is 20.7. The van der Waals surface area contributed by atoms with E-state index in [2.05, 4.69) is 41.0 Å². The van der Waals surface area contributed by atoms with Gasteiger partial charge < -0.3 is 9.64 Å². The van der Waals surface area contributed by atoms with Gasteiger partial charge in [0.1, 0.15) is 0 Å². The number of amides is 1. The molecule has 1 spiro atoms. The van der Waals surface area contributed by atoms with Crippen molar-refractivity contribution in [2.45, 2.75) is 31.7 Å². The molecule has 2 aromatic carbocycles. The van der Waals surface area contributed by atoms with E-state index in [4.69, 9.17) is 27.9 Å². The number of fused-ring (bicyclic) bond motifs is 2. The first kappa shape index (κ1) is 23.1. The number of morpholine rings is 1. The number of carbonyl (C=O) groups excluding carboxylic acids is 1. The molecule has 0 unspecified atom stereocenters. The average molecular weight is 488 g/mol. The van der Waals surface area contributed by atoms with Crippen LogP contribution in [0.4, 0.5) is 5.69 Å². The van der Waals surface area contributed by atoms with Crippen molar-refractivity contribution in [2.24, 2.45) is 0 Å². The van der Waals surface area contributed by atoms with Gasteiger partial charge in [-0.2, -0.15) is 0 Å². The quantitative estimate of drug-likeness (QED) is 0.621. The summed E-state index contributed by atoms with van der Waals surface area (Å²) >= 11 is 12.8. The number of rotatable bonds is 5. The van der Waals surface area contributed by atoms with E-state index in [1.165, 1.54) is 11.1 Å². The number of hydrogen-bond donors (Lipinski definition) is 0. The molecule has 7 heteroatoms. The fourth-order valence-electron chi connectivity index (χ4n) is 5.56.